The predicted octanol–water partition coefficient (Wildman–Crippen LogP) is -3.50. The van der Waals surface area contributed by atoms with Crippen LogP contribution in [0, 0.1) is 0 Å². The van der Waals surface area contributed by atoms with E-state index in [0.29, 0.717) is 0 Å². The summed E-state index contributed by atoms with van der Waals surface area (Å²) in [5.41, 5.74) is 0. The molecule has 4 unspecified atom stereocenters. The van der Waals surface area contributed by atoms with Crippen LogP contribution < -0.4 is 0 Å². The summed E-state index contributed by atoms with van der Waals surface area (Å²) in [4.78, 5) is 10.1. The van der Waals surface area contributed by atoms with E-state index in [1.54, 1.807) is 0 Å². The van der Waals surface area contributed by atoms with Crippen LogP contribution in [0.25, 0.3) is 0 Å². The Morgan fingerprint density at radius 1 is 1.07 bits per heavy atom. The number of hydrogen-bond donors (Lipinski definition) is 6. The quantitative estimate of drug-likeness (QED) is 0.290. The number of carboxylic acid groups (broad SMARTS) is 1. The minimum absolute atomic E-state index is 0. The Kier molecular flexibility index (Phi) is 8.48. The van der Waals surface area contributed by atoms with Crippen molar-refractivity contribution in [2.24, 2.45) is 0 Å². The van der Waals surface area contributed by atoms with Gasteiger partial charge in [0.2, 0.25) is 0 Å². The van der Waals surface area contributed by atoms with Crippen LogP contribution in [0.4, 0.5) is 0 Å². The summed E-state index contributed by atoms with van der Waals surface area (Å²) in [6.07, 6.45) is -7.84. The maximum atomic E-state index is 10.1. The molecular formula is C6H12O7Pd. The molecule has 0 heterocycles. The number of carboxylic acids is 1. The van der Waals surface area contributed by atoms with Gasteiger partial charge in [-0.2, -0.15) is 0 Å². The molecule has 0 fully saturated rings. The van der Waals surface area contributed by atoms with E-state index in [0.717, 1.165) is 0 Å². The van der Waals surface area contributed by atoms with Crippen LogP contribution in [0.1, 0.15) is 0 Å². The zero-order chi connectivity index (χ0) is 10.6. The normalized spacial score (nSPS) is 18.9. The van der Waals surface area contributed by atoms with Crippen molar-refractivity contribution in [2.75, 3.05) is 6.61 Å². The first kappa shape index (κ1) is 16.4. The van der Waals surface area contributed by atoms with Crippen LogP contribution in [0.15, 0.2) is 0 Å². The van der Waals surface area contributed by atoms with Gasteiger partial charge in [-0.1, -0.05) is 0 Å². The van der Waals surface area contributed by atoms with Crippen LogP contribution in [-0.2, 0) is 25.2 Å². The zero-order valence-corrected chi connectivity index (χ0v) is 8.48. The molecule has 0 amide bonds. The molecule has 7 nitrogen and oxygen atoms in total. The predicted molar refractivity (Wildman–Crippen MR) is 38.7 cm³/mol. The summed E-state index contributed by atoms with van der Waals surface area (Å²) in [5.74, 6) is -1.73. The molecule has 0 aliphatic carbocycles. The fraction of sp³-hybridized carbons (Fsp3) is 0.833. The second-order valence-electron chi connectivity index (χ2n) is 2.51. The molecule has 0 spiro atoms. The maximum Gasteiger partial charge on any atom is 0.335 e. The summed E-state index contributed by atoms with van der Waals surface area (Å²) < 4.78 is 0. The van der Waals surface area contributed by atoms with Crippen LogP contribution in [0.3, 0.4) is 0 Å². The Bertz CT molecular complexity index is 176. The largest absolute Gasteiger partial charge is 0.479 e. The van der Waals surface area contributed by atoms with Gasteiger partial charge in [-0.3, -0.25) is 0 Å². The maximum absolute atomic E-state index is 10.1. The molecule has 6 N–H and O–H groups in total. The van der Waals surface area contributed by atoms with Crippen molar-refractivity contribution in [3.63, 3.8) is 0 Å². The van der Waals surface area contributed by atoms with Crippen molar-refractivity contribution in [1.29, 1.82) is 0 Å². The molecule has 88 valence electrons. The number of aliphatic carboxylic acids is 1. The fourth-order valence-corrected chi connectivity index (χ4v) is 0.668. The molecule has 0 aromatic carbocycles. The molecule has 0 aliphatic heterocycles. The van der Waals surface area contributed by atoms with Gasteiger partial charge in [0.15, 0.2) is 6.10 Å². The van der Waals surface area contributed by atoms with Crippen molar-refractivity contribution < 1.29 is 55.9 Å². The molecule has 14 heavy (non-hydrogen) atoms. The van der Waals surface area contributed by atoms with Gasteiger partial charge < -0.3 is 30.6 Å². The molecule has 0 saturated heterocycles. The Labute approximate surface area is 93.3 Å². The number of aliphatic hydroxyl groups is 5. The molecule has 0 radical (unpaired) electrons. The number of carbonyl (C=O) groups is 1. The third-order valence-corrected chi connectivity index (χ3v) is 1.51. The Morgan fingerprint density at radius 2 is 1.50 bits per heavy atom. The van der Waals surface area contributed by atoms with Gasteiger partial charge in [0.05, 0.1) is 6.61 Å². The SMILES string of the molecule is O=C(O)C(O)C(O)C(O)C(O)CO.[Pd]. The van der Waals surface area contributed by atoms with Gasteiger partial charge >= 0.3 is 5.97 Å². The van der Waals surface area contributed by atoms with Gasteiger partial charge in [-0.05, 0) is 0 Å². The first-order valence-electron chi connectivity index (χ1n) is 3.47. The monoisotopic (exact) mass is 302 g/mol. The van der Waals surface area contributed by atoms with E-state index in [1.807, 2.05) is 0 Å². The van der Waals surface area contributed by atoms with Gasteiger partial charge in [0.25, 0.3) is 0 Å². The summed E-state index contributed by atoms with van der Waals surface area (Å²) in [6.45, 7) is -0.843. The van der Waals surface area contributed by atoms with Crippen LogP contribution in [0.5, 0.6) is 0 Å². The van der Waals surface area contributed by atoms with E-state index in [9.17, 15) is 4.79 Å². The van der Waals surface area contributed by atoms with E-state index in [4.69, 9.17) is 30.6 Å². The van der Waals surface area contributed by atoms with Gasteiger partial charge in [0.1, 0.15) is 18.3 Å². The molecule has 0 aliphatic rings. The summed E-state index contributed by atoms with van der Waals surface area (Å²) in [5, 5.41) is 51.8. The Hall–Kier alpha value is -0.0677. The molecule has 0 aromatic rings. The average Bonchev–Trinajstić information content (AvgIpc) is 2.12. The van der Waals surface area contributed by atoms with E-state index in [2.05, 4.69) is 0 Å². The molecular weight excluding hydrogens is 290 g/mol. The van der Waals surface area contributed by atoms with Crippen LogP contribution >= 0.6 is 0 Å². The van der Waals surface area contributed by atoms with Gasteiger partial charge in [0, 0.05) is 20.4 Å². The minimum Gasteiger partial charge on any atom is -0.479 e. The van der Waals surface area contributed by atoms with Crippen molar-refractivity contribution in [2.45, 2.75) is 24.4 Å². The van der Waals surface area contributed by atoms with Gasteiger partial charge in [-0.15, -0.1) is 0 Å². The van der Waals surface area contributed by atoms with E-state index in [-0.39, 0.29) is 20.4 Å². The summed E-state index contributed by atoms with van der Waals surface area (Å²) in [7, 11) is 0. The van der Waals surface area contributed by atoms with Crippen molar-refractivity contribution in [3.8, 4) is 0 Å². The van der Waals surface area contributed by atoms with Crippen molar-refractivity contribution in [3.05, 3.63) is 0 Å². The third kappa shape index (κ3) is 4.43. The van der Waals surface area contributed by atoms with E-state index >= 15 is 0 Å². The second-order valence-corrected chi connectivity index (χ2v) is 2.51. The Balaban J connectivity index is 0. The third-order valence-electron chi connectivity index (χ3n) is 1.51. The topological polar surface area (TPSA) is 138 Å². The standard InChI is InChI=1S/C6H12O7.Pd/c7-1-2(8)3(9)4(10)5(11)6(12)13;/h2-5,7-11H,1H2,(H,12,13);. The average molecular weight is 303 g/mol. The molecule has 0 bridgehead atoms. The second kappa shape index (κ2) is 7.25. The minimum atomic E-state index is -2.20. The zero-order valence-electron chi connectivity index (χ0n) is 6.92. The van der Waals surface area contributed by atoms with Crippen LogP contribution in [0.2, 0.25) is 0 Å². The molecule has 0 rings (SSSR count). The Morgan fingerprint density at radius 3 is 1.79 bits per heavy atom. The van der Waals surface area contributed by atoms with Crippen molar-refractivity contribution in [1.82, 2.24) is 0 Å². The van der Waals surface area contributed by atoms with Crippen LogP contribution in [-0.4, -0.2) is 67.6 Å². The fourth-order valence-electron chi connectivity index (χ4n) is 0.668. The smallest absolute Gasteiger partial charge is 0.335 e. The summed E-state index contributed by atoms with van der Waals surface area (Å²) in [6, 6.07) is 0. The van der Waals surface area contributed by atoms with E-state index < -0.39 is 37.0 Å². The first-order chi connectivity index (χ1) is 5.91. The molecule has 8 heteroatoms. The van der Waals surface area contributed by atoms with E-state index in [1.165, 1.54) is 0 Å². The number of aliphatic hydroxyl groups excluding tert-OH is 5. The van der Waals surface area contributed by atoms with Crippen molar-refractivity contribution >= 4 is 5.97 Å². The first-order valence-corrected chi connectivity index (χ1v) is 3.47. The summed E-state index contributed by atoms with van der Waals surface area (Å²) >= 11 is 0. The number of rotatable bonds is 5. The molecule has 0 saturated carbocycles. The molecule has 4 atom stereocenters. The van der Waals surface area contributed by atoms with Gasteiger partial charge in [-0.25, -0.2) is 4.79 Å². The number of hydrogen-bond acceptors (Lipinski definition) is 6. The molecule has 0 aromatic heterocycles.